The van der Waals surface area contributed by atoms with Crippen molar-refractivity contribution in [1.82, 2.24) is 0 Å². The summed E-state index contributed by atoms with van der Waals surface area (Å²) in [6, 6.07) is 16.8. The van der Waals surface area contributed by atoms with E-state index in [4.69, 9.17) is 63.1 Å². The maximum absolute atomic E-state index is 13.3. The first-order valence-electron chi connectivity index (χ1n) is 17.3. The lowest BCUT2D eigenvalue weighted by Gasteiger charge is -2.24. The van der Waals surface area contributed by atoms with Gasteiger partial charge in [0.15, 0.2) is 43.5 Å². The molecule has 0 saturated carbocycles. The highest BCUT2D eigenvalue weighted by Gasteiger charge is 2.29. The van der Waals surface area contributed by atoms with Gasteiger partial charge in [0, 0.05) is 33.3 Å². The number of phenolic OH excluding ortho intramolecular Hbond substituents is 4. The van der Waals surface area contributed by atoms with Gasteiger partial charge < -0.3 is 63.1 Å². The highest BCUT2D eigenvalue weighted by Crippen LogP contribution is 2.35. The smallest absolute Gasteiger partial charge is 0.207 e. The van der Waals surface area contributed by atoms with Crippen molar-refractivity contribution in [2.24, 2.45) is 0 Å². The predicted molar refractivity (Wildman–Crippen MR) is 194 cm³/mol. The maximum Gasteiger partial charge on any atom is 0.207 e. The summed E-state index contributed by atoms with van der Waals surface area (Å²) in [4.78, 5) is 0. The van der Waals surface area contributed by atoms with Gasteiger partial charge in [-0.05, 0) is 87.4 Å². The van der Waals surface area contributed by atoms with E-state index in [-0.39, 0.29) is 30.8 Å². The van der Waals surface area contributed by atoms with Gasteiger partial charge in [-0.25, -0.2) is 4.39 Å². The number of halogens is 5. The number of benzene rings is 4. The minimum Gasteiger partial charge on any atom is -0.508 e. The van der Waals surface area contributed by atoms with Gasteiger partial charge in [0.05, 0.1) is 19.8 Å². The molecule has 4 aromatic carbocycles. The van der Waals surface area contributed by atoms with Gasteiger partial charge in [-0.3, -0.25) is 0 Å². The summed E-state index contributed by atoms with van der Waals surface area (Å²) in [5.74, 6) is -9.21. The Morgan fingerprint density at radius 3 is 1.75 bits per heavy atom. The first kappa shape index (κ1) is 47.9. The molecule has 2 unspecified atom stereocenters. The van der Waals surface area contributed by atoms with Gasteiger partial charge >= 0.3 is 0 Å². The van der Waals surface area contributed by atoms with Crippen LogP contribution in [0.15, 0.2) is 66.7 Å². The van der Waals surface area contributed by atoms with Crippen LogP contribution in [-0.2, 0) is 23.7 Å². The van der Waals surface area contributed by atoms with Crippen LogP contribution in [0.25, 0.3) is 0 Å². The molecule has 4 aromatic rings. The molecule has 4 N–H and O–H groups in total. The summed E-state index contributed by atoms with van der Waals surface area (Å²) >= 11 is 0. The van der Waals surface area contributed by atoms with Crippen molar-refractivity contribution < 1.29 is 85.0 Å². The SMILES string of the molecule is CCOC(C)Oc1ccc(O)c(F)c1.COCCOCOc1ccc(O)cc1.COCOc1ccc(O)cc1.Oc1c(F)c(F)c(OC2CCCCO2)c(F)c1F. The van der Waals surface area contributed by atoms with E-state index in [0.29, 0.717) is 50.1 Å². The van der Waals surface area contributed by atoms with Crippen molar-refractivity contribution in [1.29, 1.82) is 0 Å². The van der Waals surface area contributed by atoms with E-state index >= 15 is 0 Å². The number of hydrogen-bond donors (Lipinski definition) is 4. The summed E-state index contributed by atoms with van der Waals surface area (Å²) in [5, 5.41) is 35.6. The fraction of sp³-hybridized carbons (Fsp3) is 0.385. The summed E-state index contributed by atoms with van der Waals surface area (Å²) in [6.07, 6.45) is 0.485. The van der Waals surface area contributed by atoms with Gasteiger partial charge in [0.2, 0.25) is 29.0 Å². The van der Waals surface area contributed by atoms with E-state index in [1.165, 1.54) is 12.1 Å². The van der Waals surface area contributed by atoms with E-state index in [9.17, 15) is 22.0 Å². The summed E-state index contributed by atoms with van der Waals surface area (Å²) in [6.45, 7) is 5.91. The Bertz CT molecular complexity index is 1680. The third-order valence-electron chi connectivity index (χ3n) is 6.97. The van der Waals surface area contributed by atoms with Crippen LogP contribution in [0.4, 0.5) is 22.0 Å². The lowest BCUT2D eigenvalue weighted by molar-refractivity contribution is -0.109. The molecule has 0 radical (unpaired) electrons. The van der Waals surface area contributed by atoms with Crippen molar-refractivity contribution in [3.63, 3.8) is 0 Å². The second-order valence-electron chi connectivity index (χ2n) is 11.3. The van der Waals surface area contributed by atoms with Crippen LogP contribution in [0.2, 0.25) is 0 Å². The van der Waals surface area contributed by atoms with Gasteiger partial charge in [0.25, 0.3) is 0 Å². The van der Waals surface area contributed by atoms with Crippen molar-refractivity contribution >= 4 is 0 Å². The molecule has 18 heteroatoms. The van der Waals surface area contributed by atoms with Gasteiger partial charge in [-0.2, -0.15) is 17.6 Å². The molecular formula is C39H47F5O13. The lowest BCUT2D eigenvalue weighted by Crippen LogP contribution is -2.26. The Labute approximate surface area is 326 Å². The molecule has 0 aromatic heterocycles. The molecule has 1 aliphatic rings. The molecule has 13 nitrogen and oxygen atoms in total. The van der Waals surface area contributed by atoms with Crippen LogP contribution in [-0.4, -0.2) is 87.2 Å². The van der Waals surface area contributed by atoms with Crippen LogP contribution in [0.3, 0.4) is 0 Å². The van der Waals surface area contributed by atoms with E-state index < -0.39 is 53.2 Å². The molecule has 0 spiro atoms. The van der Waals surface area contributed by atoms with Crippen LogP contribution >= 0.6 is 0 Å². The Kier molecular flexibility index (Phi) is 22.3. The molecule has 0 amide bonds. The lowest BCUT2D eigenvalue weighted by atomic mass is 10.2. The van der Waals surface area contributed by atoms with Crippen molar-refractivity contribution in [3.05, 3.63) is 95.8 Å². The van der Waals surface area contributed by atoms with E-state index in [1.807, 2.05) is 6.92 Å². The maximum atomic E-state index is 13.3. The molecule has 1 aliphatic heterocycles. The van der Waals surface area contributed by atoms with E-state index in [1.54, 1.807) is 69.7 Å². The van der Waals surface area contributed by atoms with Gasteiger partial charge in [0.1, 0.15) is 28.7 Å². The number of methoxy groups -OCH3 is 2. The molecule has 5 rings (SSSR count). The Morgan fingerprint density at radius 1 is 0.702 bits per heavy atom. The van der Waals surface area contributed by atoms with Crippen LogP contribution in [0.5, 0.6) is 46.0 Å². The summed E-state index contributed by atoms with van der Waals surface area (Å²) < 4.78 is 111. The zero-order valence-electron chi connectivity index (χ0n) is 31.7. The number of rotatable bonds is 15. The van der Waals surface area contributed by atoms with Crippen LogP contribution in [0.1, 0.15) is 33.1 Å². The van der Waals surface area contributed by atoms with Crippen LogP contribution < -0.4 is 18.9 Å². The Hall–Kier alpha value is -5.27. The van der Waals surface area contributed by atoms with Crippen molar-refractivity contribution in [2.45, 2.75) is 45.7 Å². The molecule has 0 bridgehead atoms. The molecule has 1 saturated heterocycles. The number of phenols is 4. The Balaban J connectivity index is 0.000000266. The molecule has 57 heavy (non-hydrogen) atoms. The number of ether oxygens (including phenoxy) is 9. The molecule has 0 aliphatic carbocycles. The fourth-order valence-electron chi connectivity index (χ4n) is 4.18. The fourth-order valence-corrected chi connectivity index (χ4v) is 4.18. The summed E-state index contributed by atoms with van der Waals surface area (Å²) in [7, 11) is 3.17. The largest absolute Gasteiger partial charge is 0.508 e. The molecule has 316 valence electrons. The molecule has 2 atom stereocenters. The standard InChI is InChI=1S/C11H10F4O3.C10H13FO3.C10H14O4.C8H10O3/c12-6-8(14)11(9(15)7(13)10(6)16)18-5-3-1-2-4-17-5;1-3-13-7(2)14-8-4-5-10(12)9(11)6-8;1-12-6-7-13-8-14-10-4-2-9(11)3-5-10;1-10-6-11-8-4-2-7(9)3-5-8/h5,16H,1-4H2;4-7,12H,3H2,1-2H3;2-5,11H,6-8H2,1H3;2-5,9H,6H2,1H3. The van der Waals surface area contributed by atoms with E-state index in [0.717, 1.165) is 18.9 Å². The Morgan fingerprint density at radius 2 is 1.26 bits per heavy atom. The number of aromatic hydroxyl groups is 4. The highest BCUT2D eigenvalue weighted by molar-refractivity contribution is 5.37. The normalized spacial score (nSPS) is 13.7. The van der Waals surface area contributed by atoms with Gasteiger partial charge in [-0.15, -0.1) is 0 Å². The predicted octanol–water partition coefficient (Wildman–Crippen LogP) is 7.91. The average Bonchev–Trinajstić information content (AvgIpc) is 3.21. The minimum absolute atomic E-state index is 0.189. The second-order valence-corrected chi connectivity index (χ2v) is 11.3. The first-order chi connectivity index (χ1) is 27.3. The van der Waals surface area contributed by atoms with Gasteiger partial charge in [-0.1, -0.05) is 0 Å². The molecule has 1 fully saturated rings. The quantitative estimate of drug-likeness (QED) is 0.0396. The highest BCUT2D eigenvalue weighted by atomic mass is 19.2. The zero-order chi connectivity index (χ0) is 42.2. The molecule has 1 heterocycles. The minimum atomic E-state index is -1.89. The zero-order valence-corrected chi connectivity index (χ0v) is 31.7. The van der Waals surface area contributed by atoms with E-state index in [2.05, 4.69) is 0 Å². The van der Waals surface area contributed by atoms with Crippen molar-refractivity contribution in [3.8, 4) is 46.0 Å². The third kappa shape index (κ3) is 18.0. The van der Waals surface area contributed by atoms with Crippen molar-refractivity contribution in [2.75, 3.05) is 54.2 Å². The van der Waals surface area contributed by atoms with Crippen LogP contribution in [0, 0.1) is 29.1 Å². The number of hydrogen-bond acceptors (Lipinski definition) is 13. The first-order valence-corrected chi connectivity index (χ1v) is 17.3. The average molecular weight is 819 g/mol. The third-order valence-corrected chi connectivity index (χ3v) is 6.97. The molecular weight excluding hydrogens is 771 g/mol. The monoisotopic (exact) mass is 818 g/mol. The summed E-state index contributed by atoms with van der Waals surface area (Å²) in [5.41, 5.74) is 0. The topological polar surface area (TPSA) is 164 Å². The second kappa shape index (κ2) is 26.6.